The van der Waals surface area contributed by atoms with Gasteiger partial charge in [-0.1, -0.05) is 12.8 Å². The van der Waals surface area contributed by atoms with Gasteiger partial charge in [0.15, 0.2) is 0 Å². The Labute approximate surface area is 103 Å². The van der Waals surface area contributed by atoms with Crippen LogP contribution in [-0.4, -0.2) is 37.0 Å². The van der Waals surface area contributed by atoms with Crippen LogP contribution in [0.25, 0.3) is 0 Å². The first kappa shape index (κ1) is 12.4. The molecule has 94 valence electrons. The smallest absolute Gasteiger partial charge is 0.240 e. The second-order valence-electron chi connectivity index (χ2n) is 5.37. The van der Waals surface area contributed by atoms with Crippen molar-refractivity contribution in [2.75, 3.05) is 20.1 Å². The average molecular weight is 235 g/mol. The van der Waals surface area contributed by atoms with Gasteiger partial charge in [-0.3, -0.25) is 4.79 Å². The summed E-state index contributed by atoms with van der Waals surface area (Å²) in [6, 6.07) is 2.95. The van der Waals surface area contributed by atoms with Crippen LogP contribution in [0, 0.1) is 16.7 Å². The Morgan fingerprint density at radius 3 is 2.65 bits per heavy atom. The van der Waals surface area contributed by atoms with E-state index < -0.39 is 5.41 Å². The van der Waals surface area contributed by atoms with Crippen LogP contribution >= 0.6 is 0 Å². The molecular formula is C13H21N3O. The normalized spacial score (nSPS) is 22.4. The molecular weight excluding hydrogens is 214 g/mol. The van der Waals surface area contributed by atoms with Crippen LogP contribution in [0.15, 0.2) is 0 Å². The summed E-state index contributed by atoms with van der Waals surface area (Å²) in [5, 5.41) is 12.1. The fraction of sp³-hybridized carbons (Fsp3) is 0.846. The van der Waals surface area contributed by atoms with Gasteiger partial charge in [-0.25, -0.2) is 0 Å². The van der Waals surface area contributed by atoms with Gasteiger partial charge >= 0.3 is 0 Å². The van der Waals surface area contributed by atoms with Gasteiger partial charge in [-0.05, 0) is 32.7 Å². The molecule has 0 aromatic rings. The SMILES string of the molecule is CN(CCNC(=O)C1(C#N)CCCC1)C1CC1. The molecule has 0 heterocycles. The van der Waals surface area contributed by atoms with E-state index in [9.17, 15) is 10.1 Å². The lowest BCUT2D eigenvalue weighted by Gasteiger charge is -2.21. The third-order valence-corrected chi connectivity index (χ3v) is 4.03. The lowest BCUT2D eigenvalue weighted by atomic mass is 9.87. The summed E-state index contributed by atoms with van der Waals surface area (Å²) < 4.78 is 0. The number of rotatable bonds is 5. The molecule has 0 radical (unpaired) electrons. The maximum Gasteiger partial charge on any atom is 0.240 e. The van der Waals surface area contributed by atoms with Crippen LogP contribution in [0.3, 0.4) is 0 Å². The summed E-state index contributed by atoms with van der Waals surface area (Å²) in [6.45, 7) is 1.55. The zero-order valence-corrected chi connectivity index (χ0v) is 10.5. The van der Waals surface area contributed by atoms with Crippen LogP contribution < -0.4 is 5.32 Å². The molecule has 1 amide bonds. The molecule has 0 spiro atoms. The van der Waals surface area contributed by atoms with Gasteiger partial charge in [0, 0.05) is 19.1 Å². The molecule has 0 aromatic carbocycles. The molecule has 0 unspecified atom stereocenters. The molecule has 17 heavy (non-hydrogen) atoms. The Bertz CT molecular complexity index is 324. The third kappa shape index (κ3) is 2.78. The molecule has 4 nitrogen and oxygen atoms in total. The van der Waals surface area contributed by atoms with Gasteiger partial charge in [0.2, 0.25) is 5.91 Å². The molecule has 0 bridgehead atoms. The summed E-state index contributed by atoms with van der Waals surface area (Å²) in [5.41, 5.74) is -0.724. The van der Waals surface area contributed by atoms with Crippen molar-refractivity contribution in [2.45, 2.75) is 44.6 Å². The van der Waals surface area contributed by atoms with E-state index in [4.69, 9.17) is 0 Å². The lowest BCUT2D eigenvalue weighted by Crippen LogP contribution is -2.41. The van der Waals surface area contributed by atoms with Crippen LogP contribution in [0.1, 0.15) is 38.5 Å². The Morgan fingerprint density at radius 2 is 2.12 bits per heavy atom. The van der Waals surface area contributed by atoms with Crippen molar-refractivity contribution in [3.63, 3.8) is 0 Å². The number of nitriles is 1. The second-order valence-corrected chi connectivity index (χ2v) is 5.37. The van der Waals surface area contributed by atoms with Gasteiger partial charge in [-0.15, -0.1) is 0 Å². The minimum absolute atomic E-state index is 0.0540. The topological polar surface area (TPSA) is 56.1 Å². The highest BCUT2D eigenvalue weighted by Crippen LogP contribution is 2.37. The quantitative estimate of drug-likeness (QED) is 0.781. The Balaban J connectivity index is 1.74. The Hall–Kier alpha value is -1.08. The Morgan fingerprint density at radius 1 is 1.47 bits per heavy atom. The van der Waals surface area contributed by atoms with E-state index in [-0.39, 0.29) is 5.91 Å². The number of likely N-dealkylation sites (N-methyl/N-ethyl adjacent to an activating group) is 1. The van der Waals surface area contributed by atoms with Crippen LogP contribution in [0.4, 0.5) is 0 Å². The number of nitrogens with zero attached hydrogens (tertiary/aromatic N) is 2. The fourth-order valence-corrected chi connectivity index (χ4v) is 2.58. The van der Waals surface area contributed by atoms with E-state index in [2.05, 4.69) is 23.3 Å². The molecule has 2 rings (SSSR count). The van der Waals surface area contributed by atoms with Crippen molar-refractivity contribution in [3.05, 3.63) is 0 Å². The van der Waals surface area contributed by atoms with E-state index in [1.165, 1.54) is 12.8 Å². The van der Waals surface area contributed by atoms with Gasteiger partial charge in [0.25, 0.3) is 0 Å². The number of carbonyl (C=O) groups excluding carboxylic acids is 1. The van der Waals surface area contributed by atoms with Crippen LogP contribution in [0.2, 0.25) is 0 Å². The molecule has 0 saturated heterocycles. The predicted octanol–water partition coefficient (Wildman–Crippen LogP) is 1.28. The van der Waals surface area contributed by atoms with E-state index in [0.29, 0.717) is 6.54 Å². The average Bonchev–Trinajstić information content (AvgIpc) is 3.07. The maximum atomic E-state index is 12.0. The first-order valence-electron chi connectivity index (χ1n) is 6.58. The first-order valence-corrected chi connectivity index (χ1v) is 6.58. The predicted molar refractivity (Wildman–Crippen MR) is 65.2 cm³/mol. The van der Waals surface area contributed by atoms with Crippen molar-refractivity contribution in [1.82, 2.24) is 10.2 Å². The summed E-state index contributed by atoms with van der Waals surface area (Å²) in [5.74, 6) is -0.0540. The molecule has 2 fully saturated rings. The van der Waals surface area contributed by atoms with Crippen molar-refractivity contribution >= 4 is 5.91 Å². The standard InChI is InChI=1S/C13H21N3O/c1-16(11-4-5-11)9-8-15-12(17)13(10-14)6-2-3-7-13/h11H,2-9H2,1H3,(H,15,17). The van der Waals surface area contributed by atoms with Gasteiger partial charge < -0.3 is 10.2 Å². The maximum absolute atomic E-state index is 12.0. The number of hydrogen-bond donors (Lipinski definition) is 1. The van der Waals surface area contributed by atoms with E-state index in [1.807, 2.05) is 0 Å². The number of amides is 1. The molecule has 2 aliphatic carbocycles. The van der Waals surface area contributed by atoms with Crippen molar-refractivity contribution in [3.8, 4) is 6.07 Å². The molecule has 0 aliphatic heterocycles. The molecule has 4 heteroatoms. The lowest BCUT2D eigenvalue weighted by molar-refractivity contribution is -0.128. The largest absolute Gasteiger partial charge is 0.353 e. The highest BCUT2D eigenvalue weighted by Gasteiger charge is 2.41. The highest BCUT2D eigenvalue weighted by atomic mass is 16.2. The minimum atomic E-state index is -0.724. The van der Waals surface area contributed by atoms with Crippen LogP contribution in [0.5, 0.6) is 0 Å². The summed E-state index contributed by atoms with van der Waals surface area (Å²) >= 11 is 0. The van der Waals surface area contributed by atoms with E-state index in [0.717, 1.165) is 38.3 Å². The van der Waals surface area contributed by atoms with Crippen molar-refractivity contribution in [1.29, 1.82) is 5.26 Å². The highest BCUT2D eigenvalue weighted by molar-refractivity contribution is 5.85. The Kier molecular flexibility index (Phi) is 3.68. The fourth-order valence-electron chi connectivity index (χ4n) is 2.58. The third-order valence-electron chi connectivity index (χ3n) is 4.03. The first-order chi connectivity index (χ1) is 8.18. The number of hydrogen-bond acceptors (Lipinski definition) is 3. The van der Waals surface area contributed by atoms with Crippen molar-refractivity contribution in [2.24, 2.45) is 5.41 Å². The van der Waals surface area contributed by atoms with E-state index >= 15 is 0 Å². The monoisotopic (exact) mass is 235 g/mol. The zero-order chi connectivity index (χ0) is 12.3. The zero-order valence-electron chi connectivity index (χ0n) is 10.5. The molecule has 2 saturated carbocycles. The summed E-state index contributed by atoms with van der Waals surface area (Å²) in [7, 11) is 2.10. The van der Waals surface area contributed by atoms with E-state index in [1.54, 1.807) is 0 Å². The minimum Gasteiger partial charge on any atom is -0.353 e. The van der Waals surface area contributed by atoms with Crippen LogP contribution in [-0.2, 0) is 4.79 Å². The molecule has 2 aliphatic rings. The number of carbonyl (C=O) groups is 1. The summed E-state index contributed by atoms with van der Waals surface area (Å²) in [6.07, 6.45) is 6.03. The molecule has 0 atom stereocenters. The van der Waals surface area contributed by atoms with Gasteiger partial charge in [-0.2, -0.15) is 5.26 Å². The van der Waals surface area contributed by atoms with Gasteiger partial charge in [0.1, 0.15) is 5.41 Å². The summed E-state index contributed by atoms with van der Waals surface area (Å²) in [4.78, 5) is 14.3. The molecule has 0 aromatic heterocycles. The molecule has 1 N–H and O–H groups in total. The number of nitrogens with one attached hydrogen (secondary N) is 1. The second kappa shape index (κ2) is 5.05. The van der Waals surface area contributed by atoms with Gasteiger partial charge in [0.05, 0.1) is 6.07 Å². The van der Waals surface area contributed by atoms with Crippen molar-refractivity contribution < 1.29 is 4.79 Å².